The van der Waals surface area contributed by atoms with E-state index in [0.717, 1.165) is 24.5 Å². The van der Waals surface area contributed by atoms with E-state index < -0.39 is 0 Å². The van der Waals surface area contributed by atoms with Gasteiger partial charge in [0.2, 0.25) is 0 Å². The quantitative estimate of drug-likeness (QED) is 0.329. The molecule has 5 rings (SSSR count). The van der Waals surface area contributed by atoms with Gasteiger partial charge in [-0.1, -0.05) is 64.0 Å². The minimum atomic E-state index is 0. The van der Waals surface area contributed by atoms with Gasteiger partial charge in [0.25, 0.3) is 0 Å². The Morgan fingerprint density at radius 2 is 0.892 bits per heavy atom. The van der Waals surface area contributed by atoms with Gasteiger partial charge >= 0.3 is 0 Å². The number of hydrogen-bond donors (Lipinski definition) is 0. The van der Waals surface area contributed by atoms with Crippen LogP contribution in [0.1, 0.15) is 75.3 Å². The summed E-state index contributed by atoms with van der Waals surface area (Å²) in [7, 11) is 0. The molecule has 204 valence electrons. The zero-order valence-corrected chi connectivity index (χ0v) is 25.4. The number of benzene rings is 2. The van der Waals surface area contributed by atoms with Crippen LogP contribution in [0.5, 0.6) is 0 Å². The Labute approximate surface area is 247 Å². The number of hydrogen-bond acceptors (Lipinski definition) is 2. The number of likely N-dealkylation sites (tertiary alicyclic amines) is 2. The van der Waals surface area contributed by atoms with Crippen molar-refractivity contribution in [1.29, 1.82) is 0 Å². The van der Waals surface area contributed by atoms with E-state index in [1.54, 1.807) is 0 Å². The number of piperidine rings is 2. The maximum atomic E-state index is 5.07. The third kappa shape index (κ3) is 14.0. The summed E-state index contributed by atoms with van der Waals surface area (Å²) in [6.45, 7) is 14.4. The molecule has 37 heavy (non-hydrogen) atoms. The van der Waals surface area contributed by atoms with Gasteiger partial charge in [0.1, 0.15) is 0 Å². The molecule has 1 aliphatic carbocycles. The molecule has 0 N–H and O–H groups in total. The van der Waals surface area contributed by atoms with Crippen LogP contribution in [0.15, 0.2) is 60.7 Å². The minimum Gasteiger partial charge on any atom is -0.648 e. The molecule has 4 nitrogen and oxygen atoms in total. The third-order valence-corrected chi connectivity index (χ3v) is 7.31. The van der Waals surface area contributed by atoms with Crippen LogP contribution in [0.2, 0.25) is 0 Å². The van der Waals surface area contributed by atoms with Gasteiger partial charge in [0, 0.05) is 26.2 Å². The van der Waals surface area contributed by atoms with Crippen LogP contribution in [0.3, 0.4) is 0 Å². The Bertz CT molecular complexity index is 708. The van der Waals surface area contributed by atoms with E-state index in [9.17, 15) is 0 Å². The van der Waals surface area contributed by atoms with Crippen molar-refractivity contribution >= 4 is 0 Å². The van der Waals surface area contributed by atoms with Crippen LogP contribution in [0.4, 0.5) is 0 Å². The molecule has 2 aromatic rings. The summed E-state index contributed by atoms with van der Waals surface area (Å²) in [5.74, 6) is 0. The smallest absolute Gasteiger partial charge is 0 e. The molecule has 0 radical (unpaired) electrons. The first-order valence-corrected chi connectivity index (χ1v) is 14.2. The second-order valence-electron chi connectivity index (χ2n) is 10.4. The summed E-state index contributed by atoms with van der Waals surface area (Å²) in [6.07, 6.45) is 13.5. The van der Waals surface area contributed by atoms with Crippen molar-refractivity contribution in [1.82, 2.24) is 9.80 Å². The Hall–Kier alpha value is -1.10. The Balaban J connectivity index is 0.000000262. The molecule has 0 bridgehead atoms. The van der Waals surface area contributed by atoms with Crippen molar-refractivity contribution < 1.29 is 26.2 Å². The van der Waals surface area contributed by atoms with Gasteiger partial charge < -0.3 is 20.4 Å². The molecule has 2 saturated heterocycles. The molecule has 5 heteroatoms. The van der Waals surface area contributed by atoms with Crippen molar-refractivity contribution in [3.05, 3.63) is 96.3 Å². The van der Waals surface area contributed by atoms with Gasteiger partial charge in [-0.15, -0.1) is 24.3 Å². The summed E-state index contributed by atoms with van der Waals surface area (Å²) in [5.41, 5.74) is 2.14. The van der Waals surface area contributed by atoms with Crippen LogP contribution in [-0.4, -0.2) is 61.4 Å². The maximum Gasteiger partial charge on any atom is 0 e. The fourth-order valence-corrected chi connectivity index (χ4v) is 5.12. The fraction of sp³-hybridized carbons (Fsp3) is 0.562. The van der Waals surface area contributed by atoms with Crippen molar-refractivity contribution in [3.63, 3.8) is 0 Å². The zero-order chi connectivity index (χ0) is 25.3. The van der Waals surface area contributed by atoms with Gasteiger partial charge in [0.05, 0.1) is 0 Å². The standard InChI is InChI=1S/C18H34N4.2C7H7.Zr/c1-5-11-21(12-6-1)15-19-17-9-3-4-10-18(17)20-16-22-13-7-2-8-14-22;2*1-7-5-3-2-4-6-7;/h17-18H,1-16H2;2*2-6H,1H2;/q-2;2*-1;/t17-,18-;;;/m1.../s1. The molecular weight excluding hydrogens is 532 g/mol. The summed E-state index contributed by atoms with van der Waals surface area (Å²) in [6, 6.07) is 20.7. The first-order valence-electron chi connectivity index (χ1n) is 14.2. The molecule has 1 saturated carbocycles. The summed E-state index contributed by atoms with van der Waals surface area (Å²) in [4.78, 5) is 5.08. The van der Waals surface area contributed by atoms with Crippen LogP contribution >= 0.6 is 0 Å². The molecule has 2 heterocycles. The van der Waals surface area contributed by atoms with Gasteiger partial charge in [-0.2, -0.15) is 61.3 Å². The molecule has 2 aromatic carbocycles. The maximum absolute atomic E-state index is 5.07. The van der Waals surface area contributed by atoms with Crippen LogP contribution in [0, 0.1) is 13.8 Å². The molecule has 0 unspecified atom stereocenters. The fourth-order valence-electron chi connectivity index (χ4n) is 5.12. The van der Waals surface area contributed by atoms with Crippen molar-refractivity contribution in [2.24, 2.45) is 0 Å². The normalized spacial score (nSPS) is 22.4. The van der Waals surface area contributed by atoms with E-state index in [1.165, 1.54) is 90.4 Å². The van der Waals surface area contributed by atoms with E-state index in [1.807, 2.05) is 60.7 Å². The molecule has 2 atom stereocenters. The monoisotopic (exact) mass is 578 g/mol. The third-order valence-electron chi connectivity index (χ3n) is 7.31. The Morgan fingerprint density at radius 1 is 0.541 bits per heavy atom. The van der Waals surface area contributed by atoms with Crippen LogP contribution < -0.4 is 0 Å². The first-order chi connectivity index (χ1) is 17.7. The van der Waals surface area contributed by atoms with Gasteiger partial charge in [-0.3, -0.25) is 0 Å². The SMILES string of the molecule is C1CCN(C[N-][C@@H]2CCCC[C@H]2[N-]CN2CCCCC2)CC1.[CH2-]c1ccccc1.[CH2-]c1ccccc1.[Zr]. The van der Waals surface area contributed by atoms with Crippen molar-refractivity contribution in [3.8, 4) is 0 Å². The molecule has 3 fully saturated rings. The first kappa shape index (κ1) is 32.1. The largest absolute Gasteiger partial charge is 0.648 e. The topological polar surface area (TPSA) is 34.7 Å². The average Bonchev–Trinajstić information content (AvgIpc) is 2.94. The van der Waals surface area contributed by atoms with Gasteiger partial charge in [0.15, 0.2) is 0 Å². The van der Waals surface area contributed by atoms with E-state index in [4.69, 9.17) is 10.6 Å². The molecular formula is C32H48N4Zr-4. The summed E-state index contributed by atoms with van der Waals surface area (Å²) in [5, 5.41) is 10.1. The van der Waals surface area contributed by atoms with E-state index >= 15 is 0 Å². The molecule has 0 amide bonds. The van der Waals surface area contributed by atoms with E-state index in [0.29, 0.717) is 12.1 Å². The Kier molecular flexibility index (Phi) is 17.3. The predicted octanol–water partition coefficient (Wildman–Crippen LogP) is 7.67. The van der Waals surface area contributed by atoms with Gasteiger partial charge in [-0.05, 0) is 51.9 Å². The number of nitrogens with zero attached hydrogens (tertiary/aromatic N) is 4. The molecule has 3 aliphatic rings. The summed E-state index contributed by atoms with van der Waals surface area (Å²) < 4.78 is 0. The van der Waals surface area contributed by atoms with Crippen molar-refractivity contribution in [2.75, 3.05) is 39.5 Å². The second kappa shape index (κ2) is 19.9. The van der Waals surface area contributed by atoms with Crippen LogP contribution in [-0.2, 0) is 26.2 Å². The van der Waals surface area contributed by atoms with Gasteiger partial charge in [-0.25, -0.2) is 0 Å². The number of rotatable bonds is 6. The minimum absolute atomic E-state index is 0. The Morgan fingerprint density at radius 3 is 1.19 bits per heavy atom. The van der Waals surface area contributed by atoms with E-state index in [-0.39, 0.29) is 26.2 Å². The predicted molar refractivity (Wildman–Crippen MR) is 155 cm³/mol. The van der Waals surface area contributed by atoms with Crippen molar-refractivity contribution in [2.45, 2.75) is 76.3 Å². The second-order valence-corrected chi connectivity index (χ2v) is 10.4. The van der Waals surface area contributed by atoms with Crippen LogP contribution in [0.25, 0.3) is 10.6 Å². The van der Waals surface area contributed by atoms with E-state index in [2.05, 4.69) is 23.6 Å². The zero-order valence-electron chi connectivity index (χ0n) is 22.9. The molecule has 0 aromatic heterocycles. The summed E-state index contributed by atoms with van der Waals surface area (Å²) >= 11 is 0. The molecule has 2 aliphatic heterocycles. The average molecular weight is 580 g/mol. The molecule has 0 spiro atoms.